The Bertz CT molecular complexity index is 2840. The second-order valence-corrected chi connectivity index (χ2v) is 17.9. The van der Waals surface area contributed by atoms with Crippen LogP contribution in [0.5, 0.6) is 11.6 Å². The Kier molecular flexibility index (Phi) is 4.55. The lowest BCUT2D eigenvalue weighted by Crippen LogP contribution is -2.75. The van der Waals surface area contributed by atoms with E-state index in [-0.39, 0.29) is 16.2 Å². The van der Waals surface area contributed by atoms with Crippen LogP contribution in [-0.2, 0) is 21.9 Å². The van der Waals surface area contributed by atoms with Crippen LogP contribution in [0.15, 0.2) is 97.1 Å². The Morgan fingerprint density at radius 1 is 0.627 bits per heavy atom. The molecular weight excluding hydrogens is 625 g/mol. The summed E-state index contributed by atoms with van der Waals surface area (Å²) in [4.78, 5) is 2.61. The van der Waals surface area contributed by atoms with Crippen LogP contribution in [0.1, 0.15) is 88.8 Å². The van der Waals surface area contributed by atoms with E-state index in [1.54, 1.807) is 0 Å². The van der Waals surface area contributed by atoms with E-state index < -0.39 is 5.66 Å². The highest BCUT2D eigenvalue weighted by Crippen LogP contribution is 2.64. The summed E-state index contributed by atoms with van der Waals surface area (Å²) in [6.45, 7) is 18.8. The molecule has 3 aromatic heterocycles. The van der Waals surface area contributed by atoms with Crippen molar-refractivity contribution >= 4 is 39.0 Å². The van der Waals surface area contributed by atoms with Gasteiger partial charge in [-0.25, -0.2) is 0 Å². The van der Waals surface area contributed by atoms with Crippen LogP contribution < -0.4 is 18.8 Å². The molecule has 5 aliphatic heterocycles. The Morgan fingerprint density at radius 3 is 2.12 bits per heavy atom. The van der Waals surface area contributed by atoms with E-state index >= 15 is 0 Å². The fourth-order valence-electron chi connectivity index (χ4n) is 10.4. The van der Waals surface area contributed by atoms with Gasteiger partial charge in [-0.1, -0.05) is 97.9 Å². The Labute approximate surface area is 298 Å². The molecule has 0 N–H and O–H groups in total. The molecule has 7 aromatic rings. The number of pyridine rings is 2. The molecular formula is C46H40N4O+2. The third kappa shape index (κ3) is 2.91. The molecule has 0 fully saturated rings. The summed E-state index contributed by atoms with van der Waals surface area (Å²) in [6.07, 6.45) is 0. The molecule has 0 radical (unpaired) electrons. The van der Waals surface area contributed by atoms with Gasteiger partial charge in [0.15, 0.2) is 11.4 Å². The highest BCUT2D eigenvalue weighted by Gasteiger charge is 2.73. The number of ether oxygens (including phenoxy) is 1. The number of anilines is 3. The number of aromatic nitrogens is 3. The highest BCUT2D eigenvalue weighted by molar-refractivity contribution is 6.13. The van der Waals surface area contributed by atoms with Crippen LogP contribution in [0.2, 0.25) is 0 Å². The van der Waals surface area contributed by atoms with E-state index in [0.717, 1.165) is 11.6 Å². The zero-order valence-electron chi connectivity index (χ0n) is 30.4. The van der Waals surface area contributed by atoms with E-state index in [2.05, 4.69) is 171 Å². The quantitative estimate of drug-likeness (QED) is 0.151. The second kappa shape index (κ2) is 8.21. The first-order valence-corrected chi connectivity index (χ1v) is 18.4. The lowest BCUT2D eigenvalue weighted by molar-refractivity contribution is -0.936. The van der Waals surface area contributed by atoms with Gasteiger partial charge in [0, 0.05) is 39.4 Å². The molecule has 8 heterocycles. The van der Waals surface area contributed by atoms with E-state index in [4.69, 9.17) is 4.74 Å². The number of hydrogen-bond acceptors (Lipinski definition) is 2. The monoisotopic (exact) mass is 664 g/mol. The number of para-hydroxylation sites is 2. The molecule has 0 saturated carbocycles. The molecule has 5 aliphatic rings. The van der Waals surface area contributed by atoms with Crippen molar-refractivity contribution < 1.29 is 13.9 Å². The standard InChI is InChI=1S/C46H40N4O/c1-43(2,3)25-21-34-35-22-26(44(4,5)6)24-38-50(35)46-39-33(47-31-15-11-9-13-27(31)28-17-20-36(51-38)40(46)41(28)47)19-18-30-42(39)48(37(23-25)49(34)46)32-16-12-10-14-29(32)45(30,7)8/h9-24H,1-8H3/q+2. The summed E-state index contributed by atoms with van der Waals surface area (Å²) in [6, 6.07) is 37.1. The molecule has 51 heavy (non-hydrogen) atoms. The third-order valence-electron chi connectivity index (χ3n) is 12.8. The Hall–Kier alpha value is -5.42. The predicted octanol–water partition coefficient (Wildman–Crippen LogP) is 10.1. The highest BCUT2D eigenvalue weighted by atomic mass is 16.5. The van der Waals surface area contributed by atoms with Gasteiger partial charge in [0.2, 0.25) is 5.69 Å². The summed E-state index contributed by atoms with van der Waals surface area (Å²) in [5.74, 6) is 3.03. The first-order valence-electron chi connectivity index (χ1n) is 18.4. The molecule has 1 atom stereocenters. The fraction of sp³-hybridized carbons (Fsp3) is 0.261. The fourth-order valence-corrected chi connectivity index (χ4v) is 10.4. The predicted molar refractivity (Wildman–Crippen MR) is 202 cm³/mol. The van der Waals surface area contributed by atoms with Gasteiger partial charge in [-0.05, 0) is 58.4 Å². The van der Waals surface area contributed by atoms with E-state index in [1.165, 1.54) is 89.5 Å². The smallest absolute Gasteiger partial charge is 0.378 e. The molecule has 1 unspecified atom stereocenters. The number of nitrogens with zero attached hydrogens (tertiary/aromatic N) is 4. The molecule has 0 bridgehead atoms. The number of hydrogen-bond donors (Lipinski definition) is 0. The summed E-state index contributed by atoms with van der Waals surface area (Å²) in [5, 5.41) is 2.53. The van der Waals surface area contributed by atoms with E-state index in [9.17, 15) is 0 Å². The van der Waals surface area contributed by atoms with Crippen LogP contribution >= 0.6 is 0 Å². The molecule has 248 valence electrons. The van der Waals surface area contributed by atoms with Gasteiger partial charge in [0.1, 0.15) is 16.8 Å². The van der Waals surface area contributed by atoms with Gasteiger partial charge in [-0.3, -0.25) is 0 Å². The lowest BCUT2D eigenvalue weighted by atomic mass is 9.69. The first-order chi connectivity index (χ1) is 24.3. The number of fused-ring (bicyclic) bond motifs is 8. The molecule has 0 aliphatic carbocycles. The molecule has 1 spiro atoms. The van der Waals surface area contributed by atoms with Crippen molar-refractivity contribution in [1.29, 1.82) is 0 Å². The van der Waals surface area contributed by atoms with Crippen molar-refractivity contribution in [3.8, 4) is 28.7 Å². The Morgan fingerprint density at radius 2 is 1.33 bits per heavy atom. The van der Waals surface area contributed by atoms with Crippen molar-refractivity contribution in [2.45, 2.75) is 77.3 Å². The SMILES string of the molecule is CC(C)(C)c1cc2[n+]3c(c1)-c1cc(C(C)(C)C)cc4[n+]1C31c3c(ccc5c3N4c3ccccc3C5(C)C)-n3c4ccccc4c4ccc(c1c43)O2. The average molecular weight is 665 g/mol. The maximum atomic E-state index is 7.18. The van der Waals surface area contributed by atoms with Crippen molar-refractivity contribution in [2.75, 3.05) is 4.90 Å². The molecule has 0 saturated heterocycles. The van der Waals surface area contributed by atoms with Crippen molar-refractivity contribution in [1.82, 2.24) is 4.57 Å². The minimum Gasteiger partial charge on any atom is -0.404 e. The summed E-state index contributed by atoms with van der Waals surface area (Å²) >= 11 is 0. The summed E-state index contributed by atoms with van der Waals surface area (Å²) < 4.78 is 15.0. The minimum absolute atomic E-state index is 0.0714. The average Bonchev–Trinajstić information content (AvgIpc) is 3.59. The van der Waals surface area contributed by atoms with Gasteiger partial charge in [0.05, 0.1) is 22.8 Å². The minimum atomic E-state index is -0.695. The van der Waals surface area contributed by atoms with Crippen LogP contribution in [-0.4, -0.2) is 4.57 Å². The number of benzene rings is 4. The van der Waals surface area contributed by atoms with Gasteiger partial charge in [0.25, 0.3) is 11.5 Å². The van der Waals surface area contributed by atoms with Crippen molar-refractivity contribution in [3.05, 3.63) is 130 Å². The summed E-state index contributed by atoms with van der Waals surface area (Å²) in [7, 11) is 0. The van der Waals surface area contributed by atoms with Crippen molar-refractivity contribution in [2.24, 2.45) is 0 Å². The molecule has 5 heteroatoms. The van der Waals surface area contributed by atoms with Crippen LogP contribution in [0.3, 0.4) is 0 Å². The first kappa shape index (κ1) is 28.3. The third-order valence-corrected chi connectivity index (χ3v) is 12.8. The zero-order chi connectivity index (χ0) is 34.7. The lowest BCUT2D eigenvalue weighted by Gasteiger charge is -2.45. The van der Waals surface area contributed by atoms with E-state index in [0.29, 0.717) is 0 Å². The molecule has 5 nitrogen and oxygen atoms in total. The molecule has 0 amide bonds. The van der Waals surface area contributed by atoms with Crippen molar-refractivity contribution in [3.63, 3.8) is 0 Å². The summed E-state index contributed by atoms with van der Waals surface area (Å²) in [5.41, 5.74) is 15.5. The van der Waals surface area contributed by atoms with Gasteiger partial charge in [-0.15, -0.1) is 9.13 Å². The zero-order valence-corrected chi connectivity index (χ0v) is 30.4. The van der Waals surface area contributed by atoms with E-state index in [1.807, 2.05) is 0 Å². The van der Waals surface area contributed by atoms with Gasteiger partial charge < -0.3 is 9.30 Å². The van der Waals surface area contributed by atoms with Crippen LogP contribution in [0.4, 0.5) is 17.2 Å². The van der Waals surface area contributed by atoms with Gasteiger partial charge in [-0.2, -0.15) is 4.90 Å². The van der Waals surface area contributed by atoms with Gasteiger partial charge >= 0.3 is 11.5 Å². The molecule has 12 rings (SSSR count). The van der Waals surface area contributed by atoms with Crippen LogP contribution in [0.25, 0.3) is 38.9 Å². The second-order valence-electron chi connectivity index (χ2n) is 17.9. The number of rotatable bonds is 0. The maximum Gasteiger partial charge on any atom is 0.378 e. The topological polar surface area (TPSA) is 25.2 Å². The van der Waals surface area contributed by atoms with Crippen LogP contribution in [0, 0.1) is 0 Å². The largest absolute Gasteiger partial charge is 0.404 e. The molecule has 4 aromatic carbocycles. The normalized spacial score (nSPS) is 18.9. The maximum absolute atomic E-state index is 7.18. The Balaban J connectivity index is 1.40.